The predicted octanol–water partition coefficient (Wildman–Crippen LogP) is 0.629. The molecular formula is C15H28IN5O. The average molecular weight is 421 g/mol. The Kier molecular flexibility index (Phi) is 6.73. The van der Waals surface area contributed by atoms with Crippen molar-refractivity contribution in [1.82, 2.24) is 20.4 Å². The maximum absolute atomic E-state index is 11.3. The van der Waals surface area contributed by atoms with E-state index >= 15 is 0 Å². The maximum Gasteiger partial charge on any atom is 0.219 e. The number of rotatable bonds is 5. The normalized spacial score (nSPS) is 21.8. The van der Waals surface area contributed by atoms with Crippen LogP contribution in [0.5, 0.6) is 0 Å². The van der Waals surface area contributed by atoms with Crippen LogP contribution in [0.3, 0.4) is 0 Å². The second-order valence-electron chi connectivity index (χ2n) is 6.42. The number of guanidine groups is 1. The van der Waals surface area contributed by atoms with Gasteiger partial charge in [-0.3, -0.25) is 14.7 Å². The van der Waals surface area contributed by atoms with E-state index in [-0.39, 0.29) is 29.9 Å². The quantitative estimate of drug-likeness (QED) is 0.389. The lowest BCUT2D eigenvalue weighted by Gasteiger charge is -2.33. The Bertz CT molecular complexity index is 385. The van der Waals surface area contributed by atoms with Gasteiger partial charge in [0.1, 0.15) is 0 Å². The molecule has 3 aliphatic rings. The smallest absolute Gasteiger partial charge is 0.219 e. The number of carbonyl (C=O) groups excluding carboxylic acids is 1. The summed E-state index contributed by atoms with van der Waals surface area (Å²) in [6, 6.07) is 1.29. The third kappa shape index (κ3) is 5.91. The fraction of sp³-hybridized carbons (Fsp3) is 0.867. The number of halogens is 1. The van der Waals surface area contributed by atoms with Crippen molar-refractivity contribution in [1.29, 1.82) is 0 Å². The van der Waals surface area contributed by atoms with Crippen LogP contribution in [0.25, 0.3) is 0 Å². The SMILES string of the molecule is CC(=O)N1CCN(CCN=C(NC2CC2)NC2CC2)CC1.I. The van der Waals surface area contributed by atoms with E-state index in [1.807, 2.05) is 4.90 Å². The van der Waals surface area contributed by atoms with Gasteiger partial charge in [-0.05, 0) is 25.7 Å². The van der Waals surface area contributed by atoms with Gasteiger partial charge in [-0.2, -0.15) is 0 Å². The molecule has 0 aromatic rings. The molecule has 2 saturated carbocycles. The van der Waals surface area contributed by atoms with E-state index in [0.717, 1.165) is 45.2 Å². The lowest BCUT2D eigenvalue weighted by molar-refractivity contribution is -0.130. The summed E-state index contributed by atoms with van der Waals surface area (Å²) >= 11 is 0. The standard InChI is InChI=1S/C15H27N5O.HI/c1-12(21)20-10-8-19(9-11-20)7-6-16-15(17-13-2-3-13)18-14-4-5-14;/h13-14H,2-11H2,1H3,(H2,16,17,18);1H. The Balaban J connectivity index is 0.00000176. The molecule has 0 radical (unpaired) electrons. The number of nitrogens with one attached hydrogen (secondary N) is 2. The summed E-state index contributed by atoms with van der Waals surface area (Å²) in [5.41, 5.74) is 0. The van der Waals surface area contributed by atoms with Crippen LogP contribution >= 0.6 is 24.0 Å². The number of carbonyl (C=O) groups is 1. The van der Waals surface area contributed by atoms with Crippen LogP contribution in [0.15, 0.2) is 4.99 Å². The van der Waals surface area contributed by atoms with Gasteiger partial charge in [-0.1, -0.05) is 0 Å². The molecule has 22 heavy (non-hydrogen) atoms. The highest BCUT2D eigenvalue weighted by Gasteiger charge is 2.26. The molecule has 1 aliphatic heterocycles. The fourth-order valence-electron chi connectivity index (χ4n) is 2.56. The first kappa shape index (κ1) is 17.8. The highest BCUT2D eigenvalue weighted by molar-refractivity contribution is 14.0. The Morgan fingerprint density at radius 3 is 2.05 bits per heavy atom. The van der Waals surface area contributed by atoms with Crippen LogP contribution in [-0.2, 0) is 4.79 Å². The van der Waals surface area contributed by atoms with Crippen molar-refractivity contribution < 1.29 is 4.79 Å². The average Bonchev–Trinajstić information content (AvgIpc) is 3.35. The van der Waals surface area contributed by atoms with E-state index in [1.54, 1.807) is 6.92 Å². The monoisotopic (exact) mass is 421 g/mol. The Hall–Kier alpha value is -0.570. The zero-order valence-corrected chi connectivity index (χ0v) is 15.7. The molecule has 0 bridgehead atoms. The maximum atomic E-state index is 11.3. The van der Waals surface area contributed by atoms with Gasteiger partial charge in [0.15, 0.2) is 5.96 Å². The number of piperazine rings is 1. The zero-order valence-electron chi connectivity index (χ0n) is 13.4. The van der Waals surface area contributed by atoms with Crippen LogP contribution < -0.4 is 10.6 Å². The minimum absolute atomic E-state index is 0. The second kappa shape index (κ2) is 8.33. The van der Waals surface area contributed by atoms with Gasteiger partial charge in [-0.15, -0.1) is 24.0 Å². The zero-order chi connectivity index (χ0) is 14.7. The van der Waals surface area contributed by atoms with E-state index in [9.17, 15) is 4.79 Å². The molecule has 7 heteroatoms. The van der Waals surface area contributed by atoms with Gasteiger partial charge >= 0.3 is 0 Å². The largest absolute Gasteiger partial charge is 0.354 e. The van der Waals surface area contributed by atoms with Gasteiger partial charge in [0.05, 0.1) is 6.54 Å². The molecule has 3 fully saturated rings. The summed E-state index contributed by atoms with van der Waals surface area (Å²) in [6.07, 6.45) is 5.10. The number of nitrogens with zero attached hydrogens (tertiary/aromatic N) is 3. The van der Waals surface area contributed by atoms with Crippen molar-refractivity contribution in [2.45, 2.75) is 44.7 Å². The molecule has 2 N–H and O–H groups in total. The first-order valence-electron chi connectivity index (χ1n) is 8.26. The number of amides is 1. The first-order valence-corrected chi connectivity index (χ1v) is 8.26. The molecule has 1 saturated heterocycles. The fourth-order valence-corrected chi connectivity index (χ4v) is 2.56. The molecule has 0 aromatic carbocycles. The van der Waals surface area contributed by atoms with Gasteiger partial charge in [0.2, 0.25) is 5.91 Å². The van der Waals surface area contributed by atoms with Crippen LogP contribution in [0.1, 0.15) is 32.6 Å². The Morgan fingerprint density at radius 2 is 1.59 bits per heavy atom. The summed E-state index contributed by atoms with van der Waals surface area (Å²) in [5, 5.41) is 6.98. The third-order valence-corrected chi connectivity index (χ3v) is 4.34. The van der Waals surface area contributed by atoms with Crippen molar-refractivity contribution in [3.63, 3.8) is 0 Å². The van der Waals surface area contributed by atoms with Gasteiger partial charge < -0.3 is 15.5 Å². The number of aliphatic imine (C=N–C) groups is 1. The Morgan fingerprint density at radius 1 is 1.05 bits per heavy atom. The van der Waals surface area contributed by atoms with E-state index < -0.39 is 0 Å². The number of hydrogen-bond donors (Lipinski definition) is 2. The van der Waals surface area contributed by atoms with Crippen LogP contribution in [0, 0.1) is 0 Å². The van der Waals surface area contributed by atoms with Crippen LogP contribution in [0.4, 0.5) is 0 Å². The summed E-state index contributed by atoms with van der Waals surface area (Å²) in [4.78, 5) is 20.3. The highest BCUT2D eigenvalue weighted by Crippen LogP contribution is 2.21. The van der Waals surface area contributed by atoms with Gasteiger partial charge in [0, 0.05) is 51.7 Å². The van der Waals surface area contributed by atoms with Crippen molar-refractivity contribution in [3.8, 4) is 0 Å². The van der Waals surface area contributed by atoms with Crippen LogP contribution in [-0.4, -0.2) is 73.0 Å². The predicted molar refractivity (Wildman–Crippen MR) is 98.7 cm³/mol. The summed E-state index contributed by atoms with van der Waals surface area (Å²) in [7, 11) is 0. The van der Waals surface area contributed by atoms with Gasteiger partial charge in [-0.25, -0.2) is 0 Å². The Labute approximate surface area is 150 Å². The number of hydrogen-bond acceptors (Lipinski definition) is 3. The molecule has 126 valence electrons. The van der Waals surface area contributed by atoms with E-state index in [4.69, 9.17) is 4.99 Å². The van der Waals surface area contributed by atoms with E-state index in [2.05, 4.69) is 15.5 Å². The minimum atomic E-state index is 0. The summed E-state index contributed by atoms with van der Waals surface area (Å²) < 4.78 is 0. The van der Waals surface area contributed by atoms with Crippen LogP contribution in [0.2, 0.25) is 0 Å². The molecule has 3 rings (SSSR count). The second-order valence-corrected chi connectivity index (χ2v) is 6.42. The van der Waals surface area contributed by atoms with Gasteiger partial charge in [0.25, 0.3) is 0 Å². The molecule has 2 aliphatic carbocycles. The summed E-state index contributed by atoms with van der Waals surface area (Å²) in [6.45, 7) is 7.11. The topological polar surface area (TPSA) is 60.0 Å². The van der Waals surface area contributed by atoms with Crippen molar-refractivity contribution in [2.75, 3.05) is 39.3 Å². The highest BCUT2D eigenvalue weighted by atomic mass is 127. The summed E-state index contributed by atoms with van der Waals surface area (Å²) in [5.74, 6) is 1.19. The van der Waals surface area contributed by atoms with Crippen molar-refractivity contribution in [3.05, 3.63) is 0 Å². The lowest BCUT2D eigenvalue weighted by atomic mass is 10.3. The third-order valence-electron chi connectivity index (χ3n) is 4.34. The molecule has 1 heterocycles. The van der Waals surface area contributed by atoms with E-state index in [1.165, 1.54) is 25.7 Å². The molecule has 0 aromatic heterocycles. The minimum Gasteiger partial charge on any atom is -0.354 e. The first-order chi connectivity index (χ1) is 10.2. The molecule has 0 unspecified atom stereocenters. The lowest BCUT2D eigenvalue weighted by Crippen LogP contribution is -2.48. The van der Waals surface area contributed by atoms with E-state index in [0.29, 0.717) is 12.1 Å². The van der Waals surface area contributed by atoms with Crippen molar-refractivity contribution in [2.24, 2.45) is 4.99 Å². The molecule has 0 spiro atoms. The molecule has 6 nitrogen and oxygen atoms in total. The molecule has 0 atom stereocenters. The molecular weight excluding hydrogens is 393 g/mol. The molecule has 1 amide bonds. The van der Waals surface area contributed by atoms with Crippen molar-refractivity contribution >= 4 is 35.8 Å².